The molecule has 4 N–H and O–H groups in total. The standard InChI is InChI=1S/C32H59N5O5/c1-4-7-8-9-10-11-12-13-14-15-16-17-18-19-20-21-27(38)42-24-26(22-28(40-5-2)41-6-3)23-37-25-34-29-30(37)35-32(33)36-31(29)39/h26,28,34H,4-25H2,1-3H3,(H3,33,35,36,39). The molecule has 0 aliphatic carbocycles. The average molecular weight is 594 g/mol. The molecule has 1 aromatic heterocycles. The van der Waals surface area contributed by atoms with E-state index in [1.165, 1.54) is 83.5 Å². The molecule has 0 saturated carbocycles. The fourth-order valence-electron chi connectivity index (χ4n) is 5.53. The van der Waals surface area contributed by atoms with Crippen LogP contribution < -0.4 is 21.5 Å². The van der Waals surface area contributed by atoms with E-state index in [1.807, 2.05) is 18.7 Å². The molecule has 1 aromatic rings. The first-order chi connectivity index (χ1) is 20.5. The van der Waals surface area contributed by atoms with Crippen LogP contribution in [0.2, 0.25) is 0 Å². The summed E-state index contributed by atoms with van der Waals surface area (Å²) in [7, 11) is 0. The van der Waals surface area contributed by atoms with Crippen LogP contribution in [0.5, 0.6) is 0 Å². The van der Waals surface area contributed by atoms with Crippen molar-refractivity contribution in [3.05, 3.63) is 10.4 Å². The maximum Gasteiger partial charge on any atom is 0.305 e. The van der Waals surface area contributed by atoms with Gasteiger partial charge in [-0.3, -0.25) is 14.6 Å². The number of nitrogens with two attached hydrogens (primary N) is 1. The van der Waals surface area contributed by atoms with E-state index in [0.29, 0.717) is 50.8 Å². The molecule has 0 aromatic carbocycles. The summed E-state index contributed by atoms with van der Waals surface area (Å²) in [6.07, 6.45) is 20.0. The number of carbonyl (C=O) groups is 1. The van der Waals surface area contributed by atoms with Gasteiger partial charge in [-0.1, -0.05) is 96.8 Å². The first-order valence-electron chi connectivity index (χ1n) is 16.8. The molecule has 0 fully saturated rings. The van der Waals surface area contributed by atoms with Crippen molar-refractivity contribution in [3.63, 3.8) is 0 Å². The van der Waals surface area contributed by atoms with Gasteiger partial charge in [0.15, 0.2) is 12.1 Å². The highest BCUT2D eigenvalue weighted by Crippen LogP contribution is 2.27. The molecule has 10 heteroatoms. The molecule has 0 saturated heterocycles. The molecule has 0 bridgehead atoms. The van der Waals surface area contributed by atoms with Crippen LogP contribution in [0.15, 0.2) is 4.79 Å². The number of H-pyrrole nitrogens is 1. The molecule has 1 aliphatic rings. The van der Waals surface area contributed by atoms with E-state index in [0.717, 1.165) is 12.8 Å². The zero-order chi connectivity index (χ0) is 30.4. The Morgan fingerprint density at radius 2 is 1.43 bits per heavy atom. The van der Waals surface area contributed by atoms with E-state index in [4.69, 9.17) is 19.9 Å². The van der Waals surface area contributed by atoms with E-state index in [1.54, 1.807) is 0 Å². The Bertz CT molecular complexity index is 906. The average Bonchev–Trinajstić information content (AvgIpc) is 3.36. The normalized spacial score (nSPS) is 13.4. The van der Waals surface area contributed by atoms with Crippen LogP contribution in [0.1, 0.15) is 130 Å². The summed E-state index contributed by atoms with van der Waals surface area (Å²) in [6.45, 7) is 8.36. The second-order valence-electron chi connectivity index (χ2n) is 11.5. The maximum atomic E-state index is 12.6. The van der Waals surface area contributed by atoms with Crippen LogP contribution in [-0.2, 0) is 19.0 Å². The van der Waals surface area contributed by atoms with Crippen molar-refractivity contribution in [1.82, 2.24) is 9.97 Å². The van der Waals surface area contributed by atoms with Crippen LogP contribution in [0.3, 0.4) is 0 Å². The minimum absolute atomic E-state index is 0.0698. The summed E-state index contributed by atoms with van der Waals surface area (Å²) in [4.78, 5) is 33.6. The van der Waals surface area contributed by atoms with E-state index >= 15 is 0 Å². The lowest BCUT2D eigenvalue weighted by Gasteiger charge is -2.27. The number of hydrogen-bond acceptors (Lipinski definition) is 9. The fraction of sp³-hybridized carbons (Fsp3) is 0.844. The highest BCUT2D eigenvalue weighted by atomic mass is 16.7. The molecule has 0 amide bonds. The highest BCUT2D eigenvalue weighted by Gasteiger charge is 2.28. The fourth-order valence-corrected chi connectivity index (χ4v) is 5.53. The van der Waals surface area contributed by atoms with Gasteiger partial charge in [0, 0.05) is 38.5 Å². The number of aromatic nitrogens is 2. The van der Waals surface area contributed by atoms with Crippen LogP contribution in [0.4, 0.5) is 17.5 Å². The number of carbonyl (C=O) groups excluding carboxylic acids is 1. The van der Waals surface area contributed by atoms with Crippen LogP contribution in [-0.4, -0.2) is 55.3 Å². The second-order valence-corrected chi connectivity index (χ2v) is 11.5. The molecule has 0 spiro atoms. The van der Waals surface area contributed by atoms with Crippen molar-refractivity contribution in [2.24, 2.45) is 5.92 Å². The maximum absolute atomic E-state index is 12.6. The molecule has 0 radical (unpaired) electrons. The zero-order valence-electron chi connectivity index (χ0n) is 26.7. The van der Waals surface area contributed by atoms with E-state index in [9.17, 15) is 9.59 Å². The lowest BCUT2D eigenvalue weighted by atomic mass is 10.0. The third-order valence-electron chi connectivity index (χ3n) is 7.84. The van der Waals surface area contributed by atoms with Gasteiger partial charge in [-0.15, -0.1) is 0 Å². The second kappa shape index (κ2) is 22.2. The quantitative estimate of drug-likeness (QED) is 0.0606. The highest BCUT2D eigenvalue weighted by molar-refractivity contribution is 5.71. The van der Waals surface area contributed by atoms with Gasteiger partial charge in [0.2, 0.25) is 5.95 Å². The van der Waals surface area contributed by atoms with Gasteiger partial charge in [-0.25, -0.2) is 0 Å². The number of nitrogen functional groups attached to an aromatic ring is 1. The lowest BCUT2D eigenvalue weighted by Crippen LogP contribution is -2.35. The Morgan fingerprint density at radius 3 is 1.98 bits per heavy atom. The van der Waals surface area contributed by atoms with Gasteiger partial charge in [0.1, 0.15) is 5.69 Å². The number of ether oxygens (including phenoxy) is 3. The summed E-state index contributed by atoms with van der Waals surface area (Å²) in [5.74, 6) is 0.334. The van der Waals surface area contributed by atoms with Crippen LogP contribution >= 0.6 is 0 Å². The molecular formula is C32H59N5O5. The summed E-state index contributed by atoms with van der Waals surface area (Å²) in [6, 6.07) is 0. The number of aromatic amines is 1. The zero-order valence-corrected chi connectivity index (χ0v) is 26.7. The predicted molar refractivity (Wildman–Crippen MR) is 171 cm³/mol. The van der Waals surface area contributed by atoms with E-state index in [-0.39, 0.29) is 30.0 Å². The smallest absolute Gasteiger partial charge is 0.305 e. The number of rotatable bonds is 26. The Labute approximate surface area is 253 Å². The Morgan fingerprint density at radius 1 is 0.881 bits per heavy atom. The number of unbranched alkanes of at least 4 members (excludes halogenated alkanes) is 14. The first-order valence-corrected chi connectivity index (χ1v) is 16.8. The van der Waals surface area contributed by atoms with Gasteiger partial charge in [-0.2, -0.15) is 4.98 Å². The summed E-state index contributed by atoms with van der Waals surface area (Å²) in [5.41, 5.74) is 5.89. The summed E-state index contributed by atoms with van der Waals surface area (Å²) >= 11 is 0. The number of nitrogens with zero attached hydrogens (tertiary/aromatic N) is 2. The first kappa shape index (κ1) is 35.9. The molecule has 10 nitrogen and oxygen atoms in total. The molecule has 1 atom stereocenters. The molecule has 2 heterocycles. The van der Waals surface area contributed by atoms with Crippen molar-refractivity contribution >= 4 is 23.4 Å². The topological polar surface area (TPSA) is 132 Å². The SMILES string of the molecule is CCCCCCCCCCCCCCCCCC(=O)OCC(CC(OCC)OCC)CN1CNc2c1nc(N)[nH]c2=O. The molecule has 242 valence electrons. The Kier molecular flexibility index (Phi) is 19.0. The summed E-state index contributed by atoms with van der Waals surface area (Å²) < 4.78 is 17.2. The van der Waals surface area contributed by atoms with Crippen LogP contribution in [0, 0.1) is 5.92 Å². The minimum Gasteiger partial charge on any atom is -0.465 e. The lowest BCUT2D eigenvalue weighted by molar-refractivity contribution is -0.156. The van der Waals surface area contributed by atoms with Gasteiger partial charge >= 0.3 is 5.97 Å². The van der Waals surface area contributed by atoms with Crippen molar-refractivity contribution in [2.75, 3.05) is 49.0 Å². The Hall–Kier alpha value is -2.33. The molecule has 42 heavy (non-hydrogen) atoms. The number of esters is 1. The number of nitrogens with one attached hydrogen (secondary N) is 2. The van der Waals surface area contributed by atoms with Crippen molar-refractivity contribution in [1.29, 1.82) is 0 Å². The van der Waals surface area contributed by atoms with Gasteiger partial charge in [0.05, 0.1) is 13.3 Å². The Balaban J connectivity index is 1.65. The summed E-state index contributed by atoms with van der Waals surface area (Å²) in [5, 5.41) is 3.08. The minimum atomic E-state index is -0.397. The molecular weight excluding hydrogens is 534 g/mol. The number of hydrogen-bond donors (Lipinski definition) is 3. The molecule has 1 aliphatic heterocycles. The van der Waals surface area contributed by atoms with Gasteiger partial charge in [-0.05, 0) is 20.3 Å². The van der Waals surface area contributed by atoms with E-state index < -0.39 is 6.29 Å². The van der Waals surface area contributed by atoms with Gasteiger partial charge in [0.25, 0.3) is 5.56 Å². The largest absolute Gasteiger partial charge is 0.465 e. The van der Waals surface area contributed by atoms with Crippen LogP contribution in [0.25, 0.3) is 0 Å². The molecule has 1 unspecified atom stereocenters. The van der Waals surface area contributed by atoms with Crippen molar-refractivity contribution in [2.45, 2.75) is 136 Å². The van der Waals surface area contributed by atoms with E-state index in [2.05, 4.69) is 22.2 Å². The number of fused-ring (bicyclic) bond motifs is 1. The van der Waals surface area contributed by atoms with Gasteiger partial charge < -0.3 is 30.2 Å². The molecule has 2 rings (SSSR count). The third-order valence-corrected chi connectivity index (χ3v) is 7.84. The predicted octanol–water partition coefficient (Wildman–Crippen LogP) is 6.75. The third kappa shape index (κ3) is 14.7. The monoisotopic (exact) mass is 593 g/mol. The number of anilines is 3. The van der Waals surface area contributed by atoms with Crippen molar-refractivity contribution < 1.29 is 19.0 Å². The van der Waals surface area contributed by atoms with Crippen molar-refractivity contribution in [3.8, 4) is 0 Å².